The van der Waals surface area contributed by atoms with Crippen molar-refractivity contribution < 1.29 is 4.79 Å². The second-order valence-corrected chi connectivity index (χ2v) is 7.42. The highest BCUT2D eigenvalue weighted by molar-refractivity contribution is 7.11. The van der Waals surface area contributed by atoms with Crippen LogP contribution in [0.25, 0.3) is 0 Å². The number of nitrogens with one attached hydrogen (secondary N) is 3. The highest BCUT2D eigenvalue weighted by Gasteiger charge is 2.24. The number of thiazole rings is 1. The van der Waals surface area contributed by atoms with Crippen LogP contribution in [0.2, 0.25) is 0 Å². The van der Waals surface area contributed by atoms with Crippen LogP contribution in [0.15, 0.2) is 4.99 Å². The minimum atomic E-state index is 0.220. The van der Waals surface area contributed by atoms with Crippen LogP contribution >= 0.6 is 11.3 Å². The molecule has 1 aromatic heterocycles. The molecule has 0 aliphatic heterocycles. The van der Waals surface area contributed by atoms with Crippen LogP contribution in [-0.2, 0) is 11.3 Å². The molecule has 134 valence electrons. The number of aromatic nitrogens is 1. The molecule has 0 atom stereocenters. The van der Waals surface area contributed by atoms with Crippen LogP contribution in [0.1, 0.15) is 48.2 Å². The van der Waals surface area contributed by atoms with Gasteiger partial charge in [-0.15, -0.1) is 11.3 Å². The third kappa shape index (κ3) is 5.78. The van der Waals surface area contributed by atoms with Gasteiger partial charge in [0.25, 0.3) is 0 Å². The monoisotopic (exact) mass is 351 g/mol. The molecule has 0 unspecified atom stereocenters. The summed E-state index contributed by atoms with van der Waals surface area (Å²) >= 11 is 1.70. The molecule has 0 bridgehead atoms. The number of carbonyl (C=O) groups is 1. The maximum absolute atomic E-state index is 11.7. The van der Waals surface area contributed by atoms with E-state index in [4.69, 9.17) is 0 Å². The largest absolute Gasteiger partial charge is 0.357 e. The van der Waals surface area contributed by atoms with Gasteiger partial charge in [0.2, 0.25) is 5.91 Å². The first kappa shape index (κ1) is 18.7. The molecule has 1 saturated carbocycles. The van der Waals surface area contributed by atoms with Gasteiger partial charge in [-0.05, 0) is 40.0 Å². The van der Waals surface area contributed by atoms with Gasteiger partial charge in [-0.1, -0.05) is 6.42 Å². The van der Waals surface area contributed by atoms with Gasteiger partial charge in [0.15, 0.2) is 5.96 Å². The lowest BCUT2D eigenvalue weighted by Crippen LogP contribution is -2.39. The number of aryl methyl sites for hydroxylation is 2. The van der Waals surface area contributed by atoms with Crippen molar-refractivity contribution in [3.63, 3.8) is 0 Å². The van der Waals surface area contributed by atoms with Gasteiger partial charge in [0, 0.05) is 30.4 Å². The van der Waals surface area contributed by atoms with Crippen molar-refractivity contribution in [1.29, 1.82) is 0 Å². The zero-order valence-electron chi connectivity index (χ0n) is 14.9. The average Bonchev–Trinajstić information content (AvgIpc) is 2.80. The van der Waals surface area contributed by atoms with Crippen LogP contribution in [0.4, 0.5) is 0 Å². The van der Waals surface area contributed by atoms with Crippen molar-refractivity contribution in [3.05, 3.63) is 15.6 Å². The number of carbonyl (C=O) groups excluding carboxylic acids is 1. The quantitative estimate of drug-likeness (QED) is 0.381. The van der Waals surface area contributed by atoms with Crippen LogP contribution in [0, 0.1) is 19.8 Å². The lowest BCUT2D eigenvalue weighted by Gasteiger charge is -2.24. The standard InChI is InChI=1S/C17H29N5OS/c1-4-18-17(21-11-15-12(2)22-13(3)24-15)20-10-6-9-19-16(23)14-7-5-8-14/h14H,4-11H2,1-3H3,(H,19,23)(H2,18,20,21). The minimum Gasteiger partial charge on any atom is -0.357 e. The Morgan fingerprint density at radius 2 is 2.00 bits per heavy atom. The molecule has 0 saturated heterocycles. The van der Waals surface area contributed by atoms with E-state index in [1.807, 2.05) is 13.8 Å². The lowest BCUT2D eigenvalue weighted by atomic mass is 9.85. The molecular formula is C17H29N5OS. The Kier molecular flexibility index (Phi) is 7.49. The molecule has 24 heavy (non-hydrogen) atoms. The van der Waals surface area contributed by atoms with Crippen molar-refractivity contribution in [3.8, 4) is 0 Å². The number of hydrogen-bond donors (Lipinski definition) is 3. The summed E-state index contributed by atoms with van der Waals surface area (Å²) in [4.78, 5) is 22.0. The Hall–Kier alpha value is -1.63. The van der Waals surface area contributed by atoms with Crippen molar-refractivity contribution in [1.82, 2.24) is 20.9 Å². The molecule has 1 aromatic rings. The Balaban J connectivity index is 1.69. The molecule has 0 radical (unpaired) electrons. The fourth-order valence-electron chi connectivity index (χ4n) is 2.53. The fourth-order valence-corrected chi connectivity index (χ4v) is 3.40. The van der Waals surface area contributed by atoms with E-state index in [2.05, 4.69) is 32.9 Å². The molecule has 0 aromatic carbocycles. The topological polar surface area (TPSA) is 78.4 Å². The van der Waals surface area contributed by atoms with E-state index in [0.29, 0.717) is 6.54 Å². The number of rotatable bonds is 8. The van der Waals surface area contributed by atoms with Gasteiger partial charge in [-0.3, -0.25) is 4.79 Å². The molecule has 2 rings (SSSR count). The lowest BCUT2D eigenvalue weighted by molar-refractivity contribution is -0.127. The fraction of sp³-hybridized carbons (Fsp3) is 0.706. The van der Waals surface area contributed by atoms with E-state index >= 15 is 0 Å². The number of guanidine groups is 1. The van der Waals surface area contributed by atoms with Gasteiger partial charge in [0.1, 0.15) is 0 Å². The number of amides is 1. The summed E-state index contributed by atoms with van der Waals surface area (Å²) in [6.07, 6.45) is 4.19. The number of nitrogens with zero attached hydrogens (tertiary/aromatic N) is 2. The normalized spacial score (nSPS) is 15.0. The van der Waals surface area contributed by atoms with E-state index in [-0.39, 0.29) is 11.8 Å². The average molecular weight is 352 g/mol. The zero-order valence-corrected chi connectivity index (χ0v) is 15.8. The summed E-state index contributed by atoms with van der Waals surface area (Å²) in [6.45, 7) is 9.08. The van der Waals surface area contributed by atoms with Gasteiger partial charge in [0.05, 0.1) is 17.2 Å². The van der Waals surface area contributed by atoms with E-state index in [9.17, 15) is 4.79 Å². The van der Waals surface area contributed by atoms with Crippen molar-refractivity contribution in [2.75, 3.05) is 19.6 Å². The van der Waals surface area contributed by atoms with Crippen LogP contribution in [0.5, 0.6) is 0 Å². The van der Waals surface area contributed by atoms with Crippen molar-refractivity contribution >= 4 is 23.2 Å². The number of hydrogen-bond acceptors (Lipinski definition) is 4. The van der Waals surface area contributed by atoms with E-state index in [1.54, 1.807) is 11.3 Å². The first-order chi connectivity index (χ1) is 11.6. The summed E-state index contributed by atoms with van der Waals surface area (Å²) in [7, 11) is 0. The summed E-state index contributed by atoms with van der Waals surface area (Å²) in [5.74, 6) is 1.30. The minimum absolute atomic E-state index is 0.220. The predicted molar refractivity (Wildman–Crippen MR) is 99.4 cm³/mol. The Labute approximate surface area is 148 Å². The van der Waals surface area contributed by atoms with Gasteiger partial charge in [-0.25, -0.2) is 9.98 Å². The molecule has 6 nitrogen and oxygen atoms in total. The second kappa shape index (κ2) is 9.61. The van der Waals surface area contributed by atoms with Crippen molar-refractivity contribution in [2.24, 2.45) is 10.9 Å². The molecule has 1 aliphatic carbocycles. The van der Waals surface area contributed by atoms with E-state index in [0.717, 1.165) is 55.6 Å². The molecule has 0 spiro atoms. The maximum atomic E-state index is 11.7. The highest BCUT2D eigenvalue weighted by Crippen LogP contribution is 2.26. The Morgan fingerprint density at radius 1 is 1.25 bits per heavy atom. The smallest absolute Gasteiger partial charge is 0.223 e. The third-order valence-corrected chi connectivity index (χ3v) is 5.20. The Morgan fingerprint density at radius 3 is 2.58 bits per heavy atom. The maximum Gasteiger partial charge on any atom is 0.223 e. The molecule has 1 aliphatic rings. The molecule has 1 heterocycles. The zero-order chi connectivity index (χ0) is 17.4. The van der Waals surface area contributed by atoms with Gasteiger partial charge in [-0.2, -0.15) is 0 Å². The highest BCUT2D eigenvalue weighted by atomic mass is 32.1. The van der Waals surface area contributed by atoms with Gasteiger partial charge >= 0.3 is 0 Å². The summed E-state index contributed by atoms with van der Waals surface area (Å²) in [5.41, 5.74) is 1.07. The van der Waals surface area contributed by atoms with Crippen LogP contribution in [0.3, 0.4) is 0 Å². The summed E-state index contributed by atoms with van der Waals surface area (Å²) in [6, 6.07) is 0. The Bertz CT molecular complexity index is 565. The van der Waals surface area contributed by atoms with Gasteiger partial charge < -0.3 is 16.0 Å². The SMILES string of the molecule is CCNC(=NCc1sc(C)nc1C)NCCCNC(=O)C1CCC1. The molecule has 1 fully saturated rings. The van der Waals surface area contributed by atoms with Crippen LogP contribution < -0.4 is 16.0 Å². The molecule has 3 N–H and O–H groups in total. The van der Waals surface area contributed by atoms with Crippen LogP contribution in [-0.4, -0.2) is 36.5 Å². The molecule has 7 heteroatoms. The molecule has 1 amide bonds. The number of aliphatic imine (C=N–C) groups is 1. The summed E-state index contributed by atoms with van der Waals surface area (Å²) < 4.78 is 0. The van der Waals surface area contributed by atoms with Crippen molar-refractivity contribution in [2.45, 2.75) is 53.0 Å². The van der Waals surface area contributed by atoms with E-state index in [1.165, 1.54) is 11.3 Å². The first-order valence-corrected chi connectivity index (χ1v) is 9.64. The third-order valence-electron chi connectivity index (χ3n) is 4.15. The predicted octanol–water partition coefficient (Wildman–Crippen LogP) is 2.12. The summed E-state index contributed by atoms with van der Waals surface area (Å²) in [5, 5.41) is 10.7. The molecular weight excluding hydrogens is 322 g/mol. The first-order valence-electron chi connectivity index (χ1n) is 8.83. The second-order valence-electron chi connectivity index (χ2n) is 6.14. The van der Waals surface area contributed by atoms with E-state index < -0.39 is 0 Å².